The zero-order valence-corrected chi connectivity index (χ0v) is 15.1. The molecule has 1 amide bonds. The Labute approximate surface area is 160 Å². The summed E-state index contributed by atoms with van der Waals surface area (Å²) in [6.07, 6.45) is 4.88. The number of pyridine rings is 1. The number of ether oxygens (including phenoxy) is 1. The molecule has 0 radical (unpaired) electrons. The number of carbonyl (C=O) groups excluding carboxylic acids is 1. The lowest BCUT2D eigenvalue weighted by atomic mass is 10.1. The molecule has 0 aliphatic rings. The van der Waals surface area contributed by atoms with Crippen LogP contribution in [-0.4, -0.2) is 27.8 Å². The van der Waals surface area contributed by atoms with Crippen molar-refractivity contribution in [2.45, 2.75) is 0 Å². The summed E-state index contributed by atoms with van der Waals surface area (Å²) in [6.45, 7) is 0. The highest BCUT2D eigenvalue weighted by atomic mass is 35.5. The smallest absolute Gasteiger partial charge is 0.258 e. The van der Waals surface area contributed by atoms with Crippen LogP contribution in [-0.2, 0) is 0 Å². The normalized spacial score (nSPS) is 10.7. The lowest BCUT2D eigenvalue weighted by molar-refractivity contribution is 0.102. The highest BCUT2D eigenvalue weighted by Gasteiger charge is 2.13. The van der Waals surface area contributed by atoms with Crippen LogP contribution in [0, 0.1) is 0 Å². The molecule has 2 aromatic heterocycles. The van der Waals surface area contributed by atoms with E-state index in [1.807, 2.05) is 24.3 Å². The number of carbonyl (C=O) groups is 1. The first-order chi connectivity index (χ1) is 13.2. The van der Waals surface area contributed by atoms with Gasteiger partial charge in [0.2, 0.25) is 0 Å². The third kappa shape index (κ3) is 3.35. The van der Waals surface area contributed by atoms with Gasteiger partial charge < -0.3 is 10.1 Å². The number of methoxy groups -OCH3 is 1. The largest absolute Gasteiger partial charge is 0.494 e. The highest BCUT2D eigenvalue weighted by Crippen LogP contribution is 2.30. The van der Waals surface area contributed by atoms with E-state index in [9.17, 15) is 4.79 Å². The maximum absolute atomic E-state index is 12.7. The number of aromatic nitrogens is 3. The Kier molecular flexibility index (Phi) is 4.48. The molecule has 1 N–H and O–H groups in total. The lowest BCUT2D eigenvalue weighted by Crippen LogP contribution is -2.11. The highest BCUT2D eigenvalue weighted by molar-refractivity contribution is 6.30. The summed E-state index contributed by atoms with van der Waals surface area (Å²) in [4.78, 5) is 17.0. The quantitative estimate of drug-likeness (QED) is 0.573. The maximum atomic E-state index is 12.7. The van der Waals surface area contributed by atoms with Crippen LogP contribution in [0.2, 0.25) is 5.02 Å². The standard InChI is InChI=1S/C20H15ClN4O2/c1-27-18-9-8-17(16-3-2-10-22-19(16)18)24-20(26)13-11-23-25(12-13)15-6-4-14(21)5-7-15/h2-12H,1H3,(H,24,26). The van der Waals surface area contributed by atoms with Crippen molar-refractivity contribution in [1.82, 2.24) is 14.8 Å². The van der Waals surface area contributed by atoms with E-state index in [1.54, 1.807) is 48.5 Å². The van der Waals surface area contributed by atoms with E-state index in [2.05, 4.69) is 15.4 Å². The SMILES string of the molecule is COc1ccc(NC(=O)c2cnn(-c3ccc(Cl)cc3)c2)c2cccnc12. The number of anilines is 1. The number of hydrogen-bond acceptors (Lipinski definition) is 4. The summed E-state index contributed by atoms with van der Waals surface area (Å²) in [5.41, 5.74) is 2.60. The molecule has 0 saturated heterocycles. The molecule has 0 saturated carbocycles. The molecule has 7 heteroatoms. The van der Waals surface area contributed by atoms with Gasteiger partial charge >= 0.3 is 0 Å². The van der Waals surface area contributed by atoms with Crippen molar-refractivity contribution in [1.29, 1.82) is 0 Å². The number of benzene rings is 2. The number of rotatable bonds is 4. The van der Waals surface area contributed by atoms with Gasteiger partial charge in [-0.1, -0.05) is 11.6 Å². The van der Waals surface area contributed by atoms with E-state index in [-0.39, 0.29) is 5.91 Å². The van der Waals surface area contributed by atoms with Crippen molar-refractivity contribution >= 4 is 34.1 Å². The van der Waals surface area contributed by atoms with Gasteiger partial charge in [0.15, 0.2) is 0 Å². The fraction of sp³-hybridized carbons (Fsp3) is 0.0500. The maximum Gasteiger partial charge on any atom is 0.258 e. The molecule has 0 bridgehead atoms. The van der Waals surface area contributed by atoms with E-state index >= 15 is 0 Å². The fourth-order valence-electron chi connectivity index (χ4n) is 2.79. The molecule has 0 aliphatic heterocycles. The number of nitrogens with zero attached hydrogens (tertiary/aromatic N) is 3. The summed E-state index contributed by atoms with van der Waals surface area (Å²) in [5.74, 6) is 0.393. The van der Waals surface area contributed by atoms with Gasteiger partial charge in [-0.15, -0.1) is 0 Å². The van der Waals surface area contributed by atoms with Gasteiger partial charge in [0.1, 0.15) is 11.3 Å². The number of amides is 1. The predicted octanol–water partition coefficient (Wildman–Crippen LogP) is 4.33. The average Bonchev–Trinajstić information content (AvgIpc) is 3.19. The van der Waals surface area contributed by atoms with Gasteiger partial charge in [-0.3, -0.25) is 9.78 Å². The monoisotopic (exact) mass is 378 g/mol. The Hall–Kier alpha value is -3.38. The number of fused-ring (bicyclic) bond motifs is 1. The van der Waals surface area contributed by atoms with Crippen LogP contribution >= 0.6 is 11.6 Å². The first kappa shape index (κ1) is 17.1. The van der Waals surface area contributed by atoms with Gasteiger partial charge in [0.25, 0.3) is 5.91 Å². The van der Waals surface area contributed by atoms with Crippen molar-refractivity contribution in [3.63, 3.8) is 0 Å². The van der Waals surface area contributed by atoms with Crippen LogP contribution < -0.4 is 10.1 Å². The summed E-state index contributed by atoms with van der Waals surface area (Å²) in [7, 11) is 1.59. The molecule has 0 fully saturated rings. The fourth-order valence-corrected chi connectivity index (χ4v) is 2.92. The Bertz CT molecular complexity index is 1120. The minimum atomic E-state index is -0.259. The Morgan fingerprint density at radius 1 is 1.15 bits per heavy atom. The van der Waals surface area contributed by atoms with Gasteiger partial charge in [0, 0.05) is 22.8 Å². The number of nitrogens with one attached hydrogen (secondary N) is 1. The zero-order valence-electron chi connectivity index (χ0n) is 14.4. The third-order valence-electron chi connectivity index (χ3n) is 4.14. The molecule has 0 aliphatic carbocycles. The van der Waals surface area contributed by atoms with Crippen LogP contribution in [0.25, 0.3) is 16.6 Å². The number of hydrogen-bond donors (Lipinski definition) is 1. The summed E-state index contributed by atoms with van der Waals surface area (Å²) in [6, 6.07) is 14.5. The lowest BCUT2D eigenvalue weighted by Gasteiger charge is -2.10. The second-order valence-electron chi connectivity index (χ2n) is 5.82. The summed E-state index contributed by atoms with van der Waals surface area (Å²) < 4.78 is 6.96. The van der Waals surface area contributed by atoms with E-state index in [1.165, 1.54) is 6.20 Å². The predicted molar refractivity (Wildman–Crippen MR) is 105 cm³/mol. The summed E-state index contributed by atoms with van der Waals surface area (Å²) in [5, 5.41) is 8.61. The molecule has 4 aromatic rings. The molecule has 134 valence electrons. The van der Waals surface area contributed by atoms with Crippen LogP contribution in [0.4, 0.5) is 5.69 Å². The second-order valence-corrected chi connectivity index (χ2v) is 6.26. The van der Waals surface area contributed by atoms with Crippen molar-refractivity contribution in [3.05, 3.63) is 77.7 Å². The molecule has 2 heterocycles. The average molecular weight is 379 g/mol. The first-order valence-corrected chi connectivity index (χ1v) is 8.57. The Morgan fingerprint density at radius 2 is 1.96 bits per heavy atom. The second kappa shape index (κ2) is 7.09. The molecule has 6 nitrogen and oxygen atoms in total. The molecule has 0 atom stereocenters. The van der Waals surface area contributed by atoms with Crippen molar-refractivity contribution in [2.75, 3.05) is 12.4 Å². The van der Waals surface area contributed by atoms with Crippen LogP contribution in [0.3, 0.4) is 0 Å². The molecule has 0 spiro atoms. The minimum Gasteiger partial charge on any atom is -0.494 e. The Balaban J connectivity index is 1.62. The topological polar surface area (TPSA) is 69.0 Å². The van der Waals surface area contributed by atoms with Gasteiger partial charge in [-0.05, 0) is 48.5 Å². The number of halogens is 1. The molecule has 2 aromatic carbocycles. The van der Waals surface area contributed by atoms with Crippen molar-refractivity contribution in [3.8, 4) is 11.4 Å². The van der Waals surface area contributed by atoms with Crippen LogP contribution in [0.1, 0.15) is 10.4 Å². The Morgan fingerprint density at radius 3 is 2.74 bits per heavy atom. The third-order valence-corrected chi connectivity index (χ3v) is 4.39. The minimum absolute atomic E-state index is 0.259. The van der Waals surface area contributed by atoms with Gasteiger partial charge in [-0.2, -0.15) is 5.10 Å². The van der Waals surface area contributed by atoms with Crippen LogP contribution in [0.5, 0.6) is 5.75 Å². The van der Waals surface area contributed by atoms with E-state index in [4.69, 9.17) is 16.3 Å². The van der Waals surface area contributed by atoms with Gasteiger partial charge in [0.05, 0.1) is 30.2 Å². The molecule has 27 heavy (non-hydrogen) atoms. The molecule has 0 unspecified atom stereocenters. The van der Waals surface area contributed by atoms with Crippen LogP contribution in [0.15, 0.2) is 67.1 Å². The molecular formula is C20H15ClN4O2. The summed E-state index contributed by atoms with van der Waals surface area (Å²) >= 11 is 5.91. The molecular weight excluding hydrogens is 364 g/mol. The van der Waals surface area contributed by atoms with E-state index in [0.717, 1.165) is 11.1 Å². The molecule has 4 rings (SSSR count). The van der Waals surface area contributed by atoms with E-state index in [0.29, 0.717) is 27.5 Å². The van der Waals surface area contributed by atoms with Gasteiger partial charge in [-0.25, -0.2) is 4.68 Å². The van der Waals surface area contributed by atoms with E-state index < -0.39 is 0 Å². The first-order valence-electron chi connectivity index (χ1n) is 8.19. The van der Waals surface area contributed by atoms with Crippen molar-refractivity contribution in [2.24, 2.45) is 0 Å². The van der Waals surface area contributed by atoms with Crippen molar-refractivity contribution < 1.29 is 9.53 Å². The zero-order chi connectivity index (χ0) is 18.8.